The molecule has 0 fully saturated rings. The lowest BCUT2D eigenvalue weighted by Crippen LogP contribution is -2.37. The number of aryl methyl sites for hydroxylation is 1. The molecule has 0 saturated carbocycles. The third kappa shape index (κ3) is 2.89. The van der Waals surface area contributed by atoms with Gasteiger partial charge in [0, 0.05) is 18.0 Å². The van der Waals surface area contributed by atoms with E-state index in [2.05, 4.69) is 15.5 Å². The minimum absolute atomic E-state index is 0.0649. The number of aromatic nitrogens is 3. The van der Waals surface area contributed by atoms with E-state index in [0.29, 0.717) is 0 Å². The Bertz CT molecular complexity index is 648. The van der Waals surface area contributed by atoms with Crippen molar-refractivity contribution < 1.29 is 4.79 Å². The Morgan fingerprint density at radius 1 is 1.23 bits per heavy atom. The van der Waals surface area contributed by atoms with E-state index in [-0.39, 0.29) is 18.0 Å². The monoisotopic (exact) mass is 298 g/mol. The van der Waals surface area contributed by atoms with Crippen LogP contribution < -0.4 is 5.32 Å². The Balaban J connectivity index is 2.03. The maximum Gasteiger partial charge on any atom is 0.243 e. The average Bonchev–Trinajstić information content (AvgIpc) is 2.80. The summed E-state index contributed by atoms with van der Waals surface area (Å²) in [4.78, 5) is 12.6. The van der Waals surface area contributed by atoms with Crippen LogP contribution >= 0.6 is 0 Å². The molecule has 0 bridgehead atoms. The zero-order chi connectivity index (χ0) is 15.5. The van der Waals surface area contributed by atoms with Crippen LogP contribution in [0, 0.1) is 0 Å². The molecule has 1 aromatic heterocycles. The molecule has 1 unspecified atom stereocenters. The van der Waals surface area contributed by atoms with Crippen LogP contribution in [0.1, 0.15) is 45.0 Å². The van der Waals surface area contributed by atoms with Crippen molar-refractivity contribution in [3.63, 3.8) is 0 Å². The second kappa shape index (κ2) is 6.30. The second-order valence-electron chi connectivity index (χ2n) is 6.10. The number of rotatable bonds is 3. The highest BCUT2D eigenvalue weighted by Crippen LogP contribution is 2.29. The number of amides is 1. The Kier molecular flexibility index (Phi) is 4.22. The zero-order valence-corrected chi connectivity index (χ0v) is 13.1. The van der Waals surface area contributed by atoms with Gasteiger partial charge in [0.2, 0.25) is 5.91 Å². The first kappa shape index (κ1) is 14.8. The van der Waals surface area contributed by atoms with E-state index in [9.17, 15) is 4.79 Å². The van der Waals surface area contributed by atoms with Gasteiger partial charge < -0.3 is 5.32 Å². The van der Waals surface area contributed by atoms with Crippen molar-refractivity contribution in [2.24, 2.45) is 0 Å². The predicted molar refractivity (Wildman–Crippen MR) is 85.3 cm³/mol. The first-order valence-electron chi connectivity index (χ1n) is 7.96. The van der Waals surface area contributed by atoms with Crippen LogP contribution in [0.5, 0.6) is 0 Å². The fourth-order valence-electron chi connectivity index (χ4n) is 2.98. The molecule has 5 heteroatoms. The molecule has 1 atom stereocenters. The lowest BCUT2D eigenvalue weighted by atomic mass is 10.1. The summed E-state index contributed by atoms with van der Waals surface area (Å²) >= 11 is 0. The Hall–Kier alpha value is -2.17. The highest BCUT2D eigenvalue weighted by atomic mass is 16.2. The van der Waals surface area contributed by atoms with Crippen molar-refractivity contribution in [1.82, 2.24) is 20.1 Å². The standard InChI is InChI=1S/C17H22N4O/c1-12(2)18-17(22)14-10-6-7-11-15-19-20-16(21(14)15)13-8-4-3-5-9-13/h3-5,8-9,12,14H,6-7,10-11H2,1-2H3,(H,18,22). The fraction of sp³-hybridized carbons (Fsp3) is 0.471. The molecule has 116 valence electrons. The van der Waals surface area contributed by atoms with Crippen LogP contribution in [0.25, 0.3) is 11.4 Å². The minimum atomic E-state index is -0.217. The third-order valence-electron chi connectivity index (χ3n) is 3.97. The number of fused-ring (bicyclic) bond motifs is 1. The highest BCUT2D eigenvalue weighted by molar-refractivity contribution is 5.81. The molecule has 0 saturated heterocycles. The van der Waals surface area contributed by atoms with Gasteiger partial charge in [0.05, 0.1) is 0 Å². The molecule has 1 N–H and O–H groups in total. The molecular formula is C17H22N4O. The van der Waals surface area contributed by atoms with Crippen LogP contribution in [-0.4, -0.2) is 26.7 Å². The molecule has 0 spiro atoms. The Labute approximate surface area is 130 Å². The highest BCUT2D eigenvalue weighted by Gasteiger charge is 2.29. The lowest BCUT2D eigenvalue weighted by Gasteiger charge is -2.21. The molecule has 1 aliphatic heterocycles. The SMILES string of the molecule is CC(C)NC(=O)C1CCCCc2nnc(-c3ccccc3)n21. The van der Waals surface area contributed by atoms with Crippen LogP contribution in [0.3, 0.4) is 0 Å². The predicted octanol–water partition coefficient (Wildman–Crippen LogP) is 2.74. The van der Waals surface area contributed by atoms with Crippen LogP contribution in [0.2, 0.25) is 0 Å². The fourth-order valence-corrected chi connectivity index (χ4v) is 2.98. The smallest absolute Gasteiger partial charge is 0.243 e. The summed E-state index contributed by atoms with van der Waals surface area (Å²) in [5.74, 6) is 1.77. The number of benzene rings is 1. The number of hydrogen-bond acceptors (Lipinski definition) is 3. The average molecular weight is 298 g/mol. The largest absolute Gasteiger partial charge is 0.352 e. The van der Waals surface area contributed by atoms with E-state index in [0.717, 1.165) is 42.9 Å². The van der Waals surface area contributed by atoms with Crippen molar-refractivity contribution in [3.05, 3.63) is 36.2 Å². The van der Waals surface area contributed by atoms with Crippen LogP contribution in [0.4, 0.5) is 0 Å². The summed E-state index contributed by atoms with van der Waals surface area (Å²) in [5, 5.41) is 11.7. The van der Waals surface area contributed by atoms with E-state index in [4.69, 9.17) is 0 Å². The normalized spacial score (nSPS) is 17.9. The van der Waals surface area contributed by atoms with Crippen molar-refractivity contribution >= 4 is 5.91 Å². The van der Waals surface area contributed by atoms with E-state index < -0.39 is 0 Å². The molecule has 22 heavy (non-hydrogen) atoms. The molecular weight excluding hydrogens is 276 g/mol. The van der Waals surface area contributed by atoms with Gasteiger partial charge in [-0.05, 0) is 26.7 Å². The number of nitrogens with one attached hydrogen (secondary N) is 1. The first-order chi connectivity index (χ1) is 10.7. The van der Waals surface area contributed by atoms with Gasteiger partial charge in [-0.2, -0.15) is 0 Å². The summed E-state index contributed by atoms with van der Waals surface area (Å²) in [6.45, 7) is 3.97. The molecule has 2 heterocycles. The van der Waals surface area contributed by atoms with Crippen molar-refractivity contribution in [3.8, 4) is 11.4 Å². The van der Waals surface area contributed by atoms with E-state index in [1.54, 1.807) is 0 Å². The second-order valence-corrected chi connectivity index (χ2v) is 6.10. The van der Waals surface area contributed by atoms with Gasteiger partial charge in [-0.25, -0.2) is 0 Å². The zero-order valence-electron chi connectivity index (χ0n) is 13.1. The van der Waals surface area contributed by atoms with Gasteiger partial charge in [0.25, 0.3) is 0 Å². The Morgan fingerprint density at radius 2 is 2.00 bits per heavy atom. The van der Waals surface area contributed by atoms with Gasteiger partial charge in [-0.3, -0.25) is 9.36 Å². The number of nitrogens with zero attached hydrogens (tertiary/aromatic N) is 3. The first-order valence-corrected chi connectivity index (χ1v) is 7.96. The van der Waals surface area contributed by atoms with Gasteiger partial charge in [0.15, 0.2) is 5.82 Å². The topological polar surface area (TPSA) is 59.8 Å². The number of carbonyl (C=O) groups is 1. The molecule has 0 aliphatic carbocycles. The van der Waals surface area contributed by atoms with Crippen molar-refractivity contribution in [2.45, 2.75) is 51.6 Å². The van der Waals surface area contributed by atoms with Crippen LogP contribution in [0.15, 0.2) is 30.3 Å². The number of carbonyl (C=O) groups excluding carboxylic acids is 1. The quantitative estimate of drug-likeness (QED) is 0.948. The summed E-state index contributed by atoms with van der Waals surface area (Å²) in [6, 6.07) is 9.89. The van der Waals surface area contributed by atoms with Crippen molar-refractivity contribution in [2.75, 3.05) is 0 Å². The maximum absolute atomic E-state index is 12.6. The van der Waals surface area contributed by atoms with Crippen molar-refractivity contribution in [1.29, 1.82) is 0 Å². The molecule has 1 aromatic carbocycles. The van der Waals surface area contributed by atoms with E-state index in [1.807, 2.05) is 48.7 Å². The third-order valence-corrected chi connectivity index (χ3v) is 3.97. The molecule has 1 amide bonds. The van der Waals surface area contributed by atoms with Gasteiger partial charge in [-0.15, -0.1) is 10.2 Å². The van der Waals surface area contributed by atoms with Gasteiger partial charge >= 0.3 is 0 Å². The molecule has 0 radical (unpaired) electrons. The summed E-state index contributed by atoms with van der Waals surface area (Å²) in [6.07, 6.45) is 3.81. The Morgan fingerprint density at radius 3 is 2.73 bits per heavy atom. The molecule has 2 aromatic rings. The lowest BCUT2D eigenvalue weighted by molar-refractivity contribution is -0.125. The molecule has 3 rings (SSSR count). The summed E-state index contributed by atoms with van der Waals surface area (Å²) in [7, 11) is 0. The van der Waals surface area contributed by atoms with Gasteiger partial charge in [-0.1, -0.05) is 36.8 Å². The molecule has 1 aliphatic rings. The summed E-state index contributed by atoms with van der Waals surface area (Å²) in [5.41, 5.74) is 1.01. The number of hydrogen-bond donors (Lipinski definition) is 1. The maximum atomic E-state index is 12.6. The minimum Gasteiger partial charge on any atom is -0.352 e. The van der Waals surface area contributed by atoms with Gasteiger partial charge in [0.1, 0.15) is 11.9 Å². The summed E-state index contributed by atoms with van der Waals surface area (Å²) < 4.78 is 2.04. The molecule has 5 nitrogen and oxygen atoms in total. The van der Waals surface area contributed by atoms with E-state index in [1.165, 1.54) is 0 Å². The van der Waals surface area contributed by atoms with Crippen LogP contribution in [-0.2, 0) is 11.2 Å². The van der Waals surface area contributed by atoms with E-state index >= 15 is 0 Å².